The Morgan fingerprint density at radius 3 is 1.24 bits per heavy atom. The molecule has 0 aliphatic heterocycles. The zero-order valence-corrected chi connectivity index (χ0v) is 63.6. The van der Waals surface area contributed by atoms with Gasteiger partial charge in [-0.05, 0) is 126 Å². The van der Waals surface area contributed by atoms with Crippen LogP contribution in [0.2, 0.25) is 36.1 Å². The maximum Gasteiger partial charge on any atom is 0.391 e. The highest BCUT2D eigenvalue weighted by atomic mass is 79.9. The van der Waals surface area contributed by atoms with Gasteiger partial charge in [0.15, 0.2) is 6.29 Å². The number of rotatable bonds is 18. The lowest BCUT2D eigenvalue weighted by Gasteiger charge is -2.28. The molecule has 35 heteroatoms. The Morgan fingerprint density at radius 2 is 0.871 bits per heavy atom. The second kappa shape index (κ2) is 48.8. The van der Waals surface area contributed by atoms with Gasteiger partial charge in [-0.25, -0.2) is 34.9 Å². The number of aromatic nitrogens is 7. The van der Waals surface area contributed by atoms with Crippen molar-refractivity contribution in [3.8, 4) is 40.2 Å². The van der Waals surface area contributed by atoms with Gasteiger partial charge in [-0.3, -0.25) is 9.36 Å². The third-order valence-electron chi connectivity index (χ3n) is 13.9. The summed E-state index contributed by atoms with van der Waals surface area (Å²) in [4.78, 5) is 47.2. The quantitative estimate of drug-likeness (QED) is 0.0266. The number of carbonyl (C=O) groups is 2. The van der Waals surface area contributed by atoms with Gasteiger partial charge in [0.1, 0.15) is 82.6 Å². The highest BCUT2D eigenvalue weighted by Gasteiger charge is 2.42. The number of aliphatic hydroxyl groups excluding tert-OH is 1. The van der Waals surface area contributed by atoms with Crippen LogP contribution in [0.5, 0.6) is 40.2 Å². The molecule has 0 radical (unpaired) electrons. The third-order valence-corrected chi connectivity index (χ3v) is 18.0. The standard InChI is InChI=1S/C15H17ClF3NO.C11H17ClNO4P.C8H11F3O.C7H7BrClNO.C7H8ClNO2.C7H6ClNO2.C6H6ClNO.C5H4ClNO/c1-21-13-9-20-14(16)8-11(13)5-2-10-3-6-12(7-4-10)15(17,18)19;1-4-16-18(14,17-5-2)8-9-6-11(12)13-7-10(9)15-3;9-8(10,11)7-3-1-6(5-12)2-4-7;1-11-6-4-10-7(9)2-5(6)3-8;2*1-11-6-3-9-7(8)2-5(6)4-10;1-9-5-2-3-6(7)8-4-5;6-5-2-1-4(8)3-7-5/h2,5,8-10,12H,3-4,6-7H2,1H3;6-7H,4-5,8H2,1-3H3;5-7H,1-4H2;2,4H,3H2,1H3;2-3,10H,4H2,1H3;2-4H,1H3;2-4H,1H3;1-3,8H/b5-2+;;;;;;;. The van der Waals surface area contributed by atoms with Crippen LogP contribution in [0, 0.1) is 23.7 Å². The van der Waals surface area contributed by atoms with E-state index in [0.717, 1.165) is 34.2 Å². The molecule has 2 fully saturated rings. The lowest BCUT2D eigenvalue weighted by Crippen LogP contribution is -2.28. The molecule has 7 aromatic rings. The highest BCUT2D eigenvalue weighted by molar-refractivity contribution is 9.08. The zero-order valence-electron chi connectivity index (χ0n) is 55.8. The molecule has 2 N–H and O–H groups in total. The number of aromatic hydroxyl groups is 1. The van der Waals surface area contributed by atoms with Gasteiger partial charge in [-0.2, -0.15) is 26.3 Å². The minimum Gasteiger partial charge on any atom is -0.506 e. The number of aliphatic hydroxyl groups is 1. The summed E-state index contributed by atoms with van der Waals surface area (Å²) in [7, 11) is 6.07. The van der Waals surface area contributed by atoms with Crippen LogP contribution in [0.25, 0.3) is 6.08 Å². The summed E-state index contributed by atoms with van der Waals surface area (Å²) >= 11 is 42.6. The van der Waals surface area contributed by atoms with Crippen molar-refractivity contribution in [2.45, 2.75) is 95.7 Å². The van der Waals surface area contributed by atoms with Crippen molar-refractivity contribution in [2.24, 2.45) is 23.7 Å². The van der Waals surface area contributed by atoms with Gasteiger partial charge in [-0.15, -0.1) is 0 Å². The zero-order chi connectivity index (χ0) is 75.7. The summed E-state index contributed by atoms with van der Waals surface area (Å²) < 4.78 is 127. The number of alkyl halides is 7. The Bertz CT molecular complexity index is 3550. The van der Waals surface area contributed by atoms with Crippen molar-refractivity contribution in [2.75, 3.05) is 55.9 Å². The van der Waals surface area contributed by atoms with Crippen molar-refractivity contribution in [3.05, 3.63) is 168 Å². The van der Waals surface area contributed by atoms with E-state index in [1.807, 2.05) is 12.2 Å². The SMILES string of the molecule is CCOP(=O)(Cc1cc(Cl)ncc1OC)OCC.COc1ccc(Cl)nc1.COc1cnc(Cl)cc1/C=C/C1CCC(C(F)(F)F)CC1.COc1cnc(Cl)cc1C=O.COc1cnc(Cl)cc1CBr.COc1cnc(Cl)cc1CO.O=CC1CCC(C(F)(F)F)CC1.Oc1ccc(Cl)nc1. The van der Waals surface area contributed by atoms with Gasteiger partial charge in [0, 0.05) is 33.5 Å². The monoisotopic (exact) mass is 1640 g/mol. The van der Waals surface area contributed by atoms with Crippen molar-refractivity contribution in [3.63, 3.8) is 0 Å². The molecule has 0 atom stereocenters. The minimum atomic E-state index is -4.06. The van der Waals surface area contributed by atoms with Crippen LogP contribution in [0.3, 0.4) is 0 Å². The number of ether oxygens (including phenoxy) is 6. The highest BCUT2D eigenvalue weighted by Crippen LogP contribution is 2.52. The van der Waals surface area contributed by atoms with E-state index in [1.54, 1.807) is 76.9 Å². The fourth-order valence-corrected chi connectivity index (χ4v) is 12.0. The van der Waals surface area contributed by atoms with Crippen LogP contribution in [0.1, 0.15) is 97.8 Å². The molecule has 2 saturated carbocycles. The summed E-state index contributed by atoms with van der Waals surface area (Å²) in [5.41, 5.74) is 3.51. The van der Waals surface area contributed by atoms with Crippen molar-refractivity contribution >= 4 is 123 Å². The summed E-state index contributed by atoms with van der Waals surface area (Å²) in [5, 5.41) is 20.8. The van der Waals surface area contributed by atoms with Crippen LogP contribution >= 0.6 is 105 Å². The van der Waals surface area contributed by atoms with Crippen LogP contribution in [0.15, 0.2) is 104 Å². The normalized spacial score (nSPS) is 15.4. The molecule has 0 unspecified atom stereocenters. The third kappa shape index (κ3) is 35.8. The van der Waals surface area contributed by atoms with E-state index < -0.39 is 31.8 Å². The molecule has 556 valence electrons. The first-order valence-electron chi connectivity index (χ1n) is 30.1. The number of allylic oxidation sites excluding steroid dienone is 1. The number of halogens is 14. The van der Waals surface area contributed by atoms with Crippen LogP contribution in [0.4, 0.5) is 26.3 Å². The van der Waals surface area contributed by atoms with E-state index in [0.29, 0.717) is 116 Å². The first-order chi connectivity index (χ1) is 47.9. The lowest BCUT2D eigenvalue weighted by molar-refractivity contribution is -0.184. The Balaban J connectivity index is 0.000000400. The number of carbonyl (C=O) groups excluding carboxylic acids is 2. The molecule has 0 aromatic carbocycles. The average molecular weight is 1650 g/mol. The first kappa shape index (κ1) is 91.0. The first-order valence-corrected chi connectivity index (χ1v) is 35.6. The van der Waals surface area contributed by atoms with E-state index in [1.165, 1.54) is 77.6 Å². The molecular formula is C66H76BrCl7F6N7O13P. The molecular weight excluding hydrogens is 1570 g/mol. The Labute approximate surface area is 625 Å². The number of pyridine rings is 7. The summed E-state index contributed by atoms with van der Waals surface area (Å²) in [5.74, 6) is 1.42. The summed E-state index contributed by atoms with van der Waals surface area (Å²) in [6.45, 7) is 4.08. The molecule has 7 heterocycles. The van der Waals surface area contributed by atoms with E-state index in [-0.39, 0.29) is 61.2 Å². The number of hydrogen-bond donors (Lipinski definition) is 2. The van der Waals surface area contributed by atoms with Crippen LogP contribution in [-0.2, 0) is 36.5 Å². The molecule has 0 saturated heterocycles. The predicted molar refractivity (Wildman–Crippen MR) is 382 cm³/mol. The Kier molecular flexibility index (Phi) is 44.0. The molecule has 9 rings (SSSR count). The van der Waals surface area contributed by atoms with E-state index in [4.69, 9.17) is 129 Å². The molecule has 20 nitrogen and oxygen atoms in total. The van der Waals surface area contributed by atoms with Gasteiger partial charge in [0.25, 0.3) is 0 Å². The van der Waals surface area contributed by atoms with Crippen LogP contribution < -0.4 is 28.4 Å². The molecule has 101 heavy (non-hydrogen) atoms. The van der Waals surface area contributed by atoms with Gasteiger partial charge < -0.3 is 52.5 Å². The molecule has 2 aliphatic rings. The fraction of sp³-hybridized carbons (Fsp3) is 0.409. The Hall–Kier alpha value is -6.07. The van der Waals surface area contributed by atoms with Crippen molar-refractivity contribution in [1.82, 2.24) is 34.9 Å². The van der Waals surface area contributed by atoms with Gasteiger partial charge in [0.2, 0.25) is 0 Å². The summed E-state index contributed by atoms with van der Waals surface area (Å²) in [6.07, 6.45) is 10.2. The average Bonchev–Trinajstić information content (AvgIpc) is 0.852. The molecule has 2 aliphatic carbocycles. The number of nitrogens with zero attached hydrogens (tertiary/aromatic N) is 7. The topological polar surface area (TPSA) is 256 Å². The summed E-state index contributed by atoms with van der Waals surface area (Å²) in [6, 6.07) is 14.5. The molecule has 0 bridgehead atoms. The number of methoxy groups -OCH3 is 6. The molecule has 0 amide bonds. The van der Waals surface area contributed by atoms with Gasteiger partial charge >= 0.3 is 19.9 Å². The molecule has 7 aromatic heterocycles. The van der Waals surface area contributed by atoms with E-state index in [2.05, 4.69) is 50.8 Å². The largest absolute Gasteiger partial charge is 0.506 e. The maximum atomic E-state index is 12.6. The fourth-order valence-electron chi connectivity index (χ4n) is 8.74. The number of aldehydes is 2. The second-order valence-corrected chi connectivity index (χ2v) is 26.0. The smallest absolute Gasteiger partial charge is 0.391 e. The van der Waals surface area contributed by atoms with Gasteiger partial charge in [0.05, 0.1) is 129 Å². The number of hydrogen-bond acceptors (Lipinski definition) is 20. The van der Waals surface area contributed by atoms with Crippen LogP contribution in [-0.4, -0.2) is 126 Å². The van der Waals surface area contributed by atoms with E-state index >= 15 is 0 Å². The van der Waals surface area contributed by atoms with Gasteiger partial charge in [-0.1, -0.05) is 109 Å². The van der Waals surface area contributed by atoms with Crippen molar-refractivity contribution < 1.29 is 88.2 Å². The molecule has 0 spiro atoms. The van der Waals surface area contributed by atoms with E-state index in [9.17, 15) is 40.5 Å². The van der Waals surface area contributed by atoms with Crippen molar-refractivity contribution in [1.29, 1.82) is 0 Å². The lowest BCUT2D eigenvalue weighted by atomic mass is 9.81. The maximum absolute atomic E-state index is 12.6. The minimum absolute atomic E-state index is 0.0919. The second-order valence-electron chi connectivity index (χ2n) is 20.6. The predicted octanol–water partition coefficient (Wildman–Crippen LogP) is 19.8. The Morgan fingerprint density at radius 1 is 0.495 bits per heavy atom.